The van der Waals surface area contributed by atoms with E-state index in [9.17, 15) is 13.2 Å². The van der Waals surface area contributed by atoms with Crippen molar-refractivity contribution in [2.24, 2.45) is 0 Å². The molecule has 2 rings (SSSR count). The van der Waals surface area contributed by atoms with Gasteiger partial charge in [-0.1, -0.05) is 17.3 Å². The van der Waals surface area contributed by atoms with Crippen LogP contribution in [0.3, 0.4) is 0 Å². The summed E-state index contributed by atoms with van der Waals surface area (Å²) in [5.74, 6) is 0.464. The molecular weight excluding hydrogens is 219 g/mol. The molecule has 0 saturated heterocycles. The summed E-state index contributed by atoms with van der Waals surface area (Å²) >= 11 is 0. The summed E-state index contributed by atoms with van der Waals surface area (Å²) in [6.45, 7) is 1.75. The normalized spacial score (nSPS) is 11.8. The molecule has 0 saturated carbocycles. The maximum absolute atomic E-state index is 12.3. The van der Waals surface area contributed by atoms with Gasteiger partial charge in [0.15, 0.2) is 5.76 Å². The van der Waals surface area contributed by atoms with E-state index in [1.54, 1.807) is 13.0 Å². The van der Waals surface area contributed by atoms with Crippen molar-refractivity contribution < 1.29 is 17.7 Å². The lowest BCUT2D eigenvalue weighted by Gasteiger charge is -2.06. The minimum atomic E-state index is -4.31. The molecule has 1 aromatic heterocycles. The average Bonchev–Trinajstić information content (AvgIpc) is 2.64. The molecule has 2 aromatic rings. The van der Waals surface area contributed by atoms with Gasteiger partial charge < -0.3 is 4.52 Å². The lowest BCUT2D eigenvalue weighted by Crippen LogP contribution is -2.03. The summed E-state index contributed by atoms with van der Waals surface area (Å²) in [5, 5.41) is 3.67. The third-order valence-electron chi connectivity index (χ3n) is 2.12. The first-order valence-electron chi connectivity index (χ1n) is 4.58. The van der Waals surface area contributed by atoms with E-state index in [1.165, 1.54) is 12.1 Å². The molecule has 0 spiro atoms. The zero-order chi connectivity index (χ0) is 11.8. The number of benzene rings is 1. The molecule has 0 aliphatic rings. The Bertz CT molecular complexity index is 485. The number of aromatic nitrogens is 1. The number of halogens is 3. The monoisotopic (exact) mass is 227 g/mol. The van der Waals surface area contributed by atoms with Crippen molar-refractivity contribution >= 4 is 0 Å². The molecule has 1 heterocycles. The summed E-state index contributed by atoms with van der Waals surface area (Å²) in [7, 11) is 0. The van der Waals surface area contributed by atoms with Crippen molar-refractivity contribution in [3.05, 3.63) is 41.6 Å². The van der Waals surface area contributed by atoms with Gasteiger partial charge in [0.2, 0.25) is 0 Å². The van der Waals surface area contributed by atoms with Crippen LogP contribution in [0.1, 0.15) is 11.3 Å². The smallest absolute Gasteiger partial charge is 0.356 e. The van der Waals surface area contributed by atoms with E-state index in [-0.39, 0.29) is 0 Å². The van der Waals surface area contributed by atoms with Crippen molar-refractivity contribution in [1.29, 1.82) is 0 Å². The second kappa shape index (κ2) is 3.66. The molecule has 0 radical (unpaired) electrons. The van der Waals surface area contributed by atoms with Crippen LogP contribution in [-0.4, -0.2) is 5.16 Å². The van der Waals surface area contributed by atoms with Gasteiger partial charge in [0, 0.05) is 11.6 Å². The molecule has 0 amide bonds. The van der Waals surface area contributed by atoms with E-state index in [1.807, 2.05) is 0 Å². The van der Waals surface area contributed by atoms with Crippen molar-refractivity contribution in [2.45, 2.75) is 13.1 Å². The van der Waals surface area contributed by atoms with Crippen LogP contribution in [0.4, 0.5) is 13.2 Å². The molecule has 0 aliphatic carbocycles. The molecular formula is C11H8F3NO. The van der Waals surface area contributed by atoms with Crippen LogP contribution >= 0.6 is 0 Å². The SMILES string of the molecule is Cc1cc(-c2ccc(C(F)(F)F)cc2)on1. The first-order chi connectivity index (χ1) is 7.47. The van der Waals surface area contributed by atoms with Crippen LogP contribution in [-0.2, 0) is 6.18 Å². The lowest BCUT2D eigenvalue weighted by molar-refractivity contribution is -0.137. The quantitative estimate of drug-likeness (QED) is 0.742. The highest BCUT2D eigenvalue weighted by Crippen LogP contribution is 2.30. The first kappa shape index (κ1) is 10.7. The number of aryl methyl sites for hydroxylation is 1. The standard InChI is InChI=1S/C11H8F3NO/c1-7-6-10(16-15-7)8-2-4-9(5-3-8)11(12,13)14/h2-6H,1H3. The molecule has 0 N–H and O–H groups in total. The molecule has 84 valence electrons. The van der Waals surface area contributed by atoms with Gasteiger partial charge in [0.1, 0.15) is 0 Å². The van der Waals surface area contributed by atoms with Crippen LogP contribution in [0.2, 0.25) is 0 Å². The summed E-state index contributed by atoms with van der Waals surface area (Å²) in [4.78, 5) is 0. The minimum absolute atomic E-state index is 0.464. The van der Waals surface area contributed by atoms with E-state index >= 15 is 0 Å². The highest BCUT2D eigenvalue weighted by atomic mass is 19.4. The predicted molar refractivity (Wildman–Crippen MR) is 51.7 cm³/mol. The number of rotatable bonds is 1. The summed E-state index contributed by atoms with van der Waals surface area (Å²) in [5.41, 5.74) is 0.594. The molecule has 5 heteroatoms. The molecule has 2 nitrogen and oxygen atoms in total. The third kappa shape index (κ3) is 2.08. The minimum Gasteiger partial charge on any atom is -0.356 e. The Morgan fingerprint density at radius 2 is 1.75 bits per heavy atom. The highest BCUT2D eigenvalue weighted by Gasteiger charge is 2.30. The highest BCUT2D eigenvalue weighted by molar-refractivity contribution is 5.57. The van der Waals surface area contributed by atoms with Crippen molar-refractivity contribution in [3.8, 4) is 11.3 Å². The van der Waals surface area contributed by atoms with Gasteiger partial charge >= 0.3 is 6.18 Å². The third-order valence-corrected chi connectivity index (χ3v) is 2.12. The van der Waals surface area contributed by atoms with Crippen LogP contribution in [0.5, 0.6) is 0 Å². The molecule has 0 atom stereocenters. The molecule has 0 bridgehead atoms. The average molecular weight is 227 g/mol. The zero-order valence-electron chi connectivity index (χ0n) is 8.38. The second-order valence-corrected chi connectivity index (χ2v) is 3.41. The zero-order valence-corrected chi connectivity index (χ0v) is 8.38. The Kier molecular flexibility index (Phi) is 2.46. The molecule has 0 aliphatic heterocycles. The van der Waals surface area contributed by atoms with Gasteiger partial charge in [-0.15, -0.1) is 0 Å². The van der Waals surface area contributed by atoms with Crippen molar-refractivity contribution in [3.63, 3.8) is 0 Å². The Balaban J connectivity index is 2.33. The maximum atomic E-state index is 12.3. The van der Waals surface area contributed by atoms with Crippen LogP contribution < -0.4 is 0 Å². The molecule has 0 unspecified atom stereocenters. The maximum Gasteiger partial charge on any atom is 0.416 e. The Morgan fingerprint density at radius 1 is 1.12 bits per heavy atom. The lowest BCUT2D eigenvalue weighted by atomic mass is 10.1. The van der Waals surface area contributed by atoms with Gasteiger partial charge in [-0.2, -0.15) is 13.2 Å². The van der Waals surface area contributed by atoms with Gasteiger partial charge in [-0.05, 0) is 19.1 Å². The Morgan fingerprint density at radius 3 is 2.19 bits per heavy atom. The second-order valence-electron chi connectivity index (χ2n) is 3.41. The molecule has 16 heavy (non-hydrogen) atoms. The van der Waals surface area contributed by atoms with E-state index in [0.29, 0.717) is 17.0 Å². The summed E-state index contributed by atoms with van der Waals surface area (Å²) in [6, 6.07) is 6.44. The fraction of sp³-hybridized carbons (Fsp3) is 0.182. The molecule has 1 aromatic carbocycles. The number of hydrogen-bond donors (Lipinski definition) is 0. The van der Waals surface area contributed by atoms with Crippen LogP contribution in [0.15, 0.2) is 34.9 Å². The van der Waals surface area contributed by atoms with Crippen molar-refractivity contribution in [2.75, 3.05) is 0 Å². The topological polar surface area (TPSA) is 26.0 Å². The Hall–Kier alpha value is -1.78. The van der Waals surface area contributed by atoms with Crippen molar-refractivity contribution in [1.82, 2.24) is 5.16 Å². The van der Waals surface area contributed by atoms with Gasteiger partial charge in [0.05, 0.1) is 11.3 Å². The largest absolute Gasteiger partial charge is 0.416 e. The van der Waals surface area contributed by atoms with E-state index < -0.39 is 11.7 Å². The fourth-order valence-electron chi connectivity index (χ4n) is 1.32. The fourth-order valence-corrected chi connectivity index (χ4v) is 1.32. The predicted octanol–water partition coefficient (Wildman–Crippen LogP) is 3.67. The van der Waals surface area contributed by atoms with Gasteiger partial charge in [0.25, 0.3) is 0 Å². The first-order valence-corrected chi connectivity index (χ1v) is 4.58. The van der Waals surface area contributed by atoms with Crippen LogP contribution in [0.25, 0.3) is 11.3 Å². The number of hydrogen-bond acceptors (Lipinski definition) is 2. The van der Waals surface area contributed by atoms with Gasteiger partial charge in [-0.3, -0.25) is 0 Å². The van der Waals surface area contributed by atoms with E-state index in [2.05, 4.69) is 5.16 Å². The van der Waals surface area contributed by atoms with Crippen LogP contribution in [0, 0.1) is 6.92 Å². The number of nitrogens with zero attached hydrogens (tertiary/aromatic N) is 1. The van der Waals surface area contributed by atoms with E-state index in [0.717, 1.165) is 12.1 Å². The molecule has 0 fully saturated rings. The van der Waals surface area contributed by atoms with Gasteiger partial charge in [-0.25, -0.2) is 0 Å². The van der Waals surface area contributed by atoms with E-state index in [4.69, 9.17) is 4.52 Å². The number of alkyl halides is 3. The summed E-state index contributed by atoms with van der Waals surface area (Å²) < 4.78 is 41.8. The Labute approximate surface area is 89.7 Å². The summed E-state index contributed by atoms with van der Waals surface area (Å²) in [6.07, 6.45) is -4.31.